The van der Waals surface area contributed by atoms with Crippen LogP contribution in [0.3, 0.4) is 0 Å². The fraction of sp³-hybridized carbons (Fsp3) is 0.267. The van der Waals surface area contributed by atoms with E-state index in [0.717, 1.165) is 45.7 Å². The molecule has 1 aromatic rings. The first-order valence-corrected chi connectivity index (χ1v) is 10.4. The van der Waals surface area contributed by atoms with E-state index in [4.69, 9.17) is 3.37 Å². The molecule has 0 spiro atoms. The minimum absolute atomic E-state index is 0.825. The van der Waals surface area contributed by atoms with Crippen molar-refractivity contribution < 1.29 is 27.6 Å². The van der Waals surface area contributed by atoms with Crippen LogP contribution in [0.25, 0.3) is 0 Å². The van der Waals surface area contributed by atoms with Crippen LogP contribution < -0.4 is 14.0 Å². The Kier molecular flexibility index (Phi) is 4.43. The molecule has 0 bridgehead atoms. The van der Waals surface area contributed by atoms with Gasteiger partial charge in [0, 0.05) is 0 Å². The van der Waals surface area contributed by atoms with Gasteiger partial charge in [0.2, 0.25) is 0 Å². The number of benzene rings is 1. The van der Waals surface area contributed by atoms with Gasteiger partial charge in [0.15, 0.2) is 0 Å². The second-order valence-electron chi connectivity index (χ2n) is 4.93. The van der Waals surface area contributed by atoms with E-state index in [-0.39, 0.29) is 0 Å². The van der Waals surface area contributed by atoms with Gasteiger partial charge in [-0.05, 0) is 0 Å². The van der Waals surface area contributed by atoms with Crippen LogP contribution in [0.15, 0.2) is 52.5 Å². The Hall–Kier alpha value is -0.781. The van der Waals surface area contributed by atoms with Crippen LogP contribution in [0, 0.1) is 10.2 Å². The Morgan fingerprint density at radius 3 is 2.38 bits per heavy atom. The van der Waals surface area contributed by atoms with E-state index in [1.165, 1.54) is 0 Å². The second-order valence-corrected chi connectivity index (χ2v) is 9.69. The number of hydrogen-bond donors (Lipinski definition) is 0. The van der Waals surface area contributed by atoms with E-state index >= 15 is 0 Å². The first-order valence-electron chi connectivity index (χ1n) is 6.72. The Morgan fingerprint density at radius 1 is 0.952 bits per heavy atom. The molecule has 4 nitrogen and oxygen atoms in total. The van der Waals surface area contributed by atoms with Gasteiger partial charge in [0.1, 0.15) is 0 Å². The predicted molar refractivity (Wildman–Crippen MR) is 72.0 cm³/mol. The third kappa shape index (κ3) is 3.52. The quantitative estimate of drug-likeness (QED) is 0.680. The summed E-state index contributed by atoms with van der Waals surface area (Å²) in [5.41, 5.74) is 2.08. The average molecular weight is 374 g/mol. The number of hydrogen-bond acceptors (Lipinski definition) is 4. The molecule has 1 unspecified atom stereocenters. The predicted octanol–water partition coefficient (Wildman–Crippen LogP) is -0.326. The van der Waals surface area contributed by atoms with Gasteiger partial charge in [-0.1, -0.05) is 0 Å². The van der Waals surface area contributed by atoms with Gasteiger partial charge in [0.25, 0.3) is 0 Å². The summed E-state index contributed by atoms with van der Waals surface area (Å²) < 4.78 is 40.2. The molecule has 0 aromatic heterocycles. The summed E-state index contributed by atoms with van der Waals surface area (Å²) in [7, 11) is -4.41. The molecule has 1 heterocycles. The molecule has 1 aliphatic heterocycles. The summed E-state index contributed by atoms with van der Waals surface area (Å²) in [4.78, 5) is 0. The molecule has 0 fully saturated rings. The van der Waals surface area contributed by atoms with E-state index in [1.807, 2.05) is 36.4 Å². The van der Waals surface area contributed by atoms with Gasteiger partial charge < -0.3 is 0 Å². The van der Waals surface area contributed by atoms with Crippen LogP contribution in [0.5, 0.6) is 0 Å². The van der Waals surface area contributed by atoms with Crippen molar-refractivity contribution in [3.63, 3.8) is 0 Å². The maximum atomic E-state index is 11.1. The van der Waals surface area contributed by atoms with Crippen molar-refractivity contribution in [2.75, 3.05) is 0 Å². The van der Waals surface area contributed by atoms with Crippen molar-refractivity contribution in [2.24, 2.45) is 0 Å². The van der Waals surface area contributed by atoms with Gasteiger partial charge in [-0.25, -0.2) is 0 Å². The molecule has 3 rings (SSSR count). The standard InChI is InChI=1S/C15H15ClO4Se/c17-16(18,19)20-21-14-9-5-4-8-13(14)10-11-15(21)12-6-2-1-3-7-12/h1-3,6-7,10-11H,4-5,8-9H2. The van der Waals surface area contributed by atoms with Gasteiger partial charge in [0.05, 0.1) is 0 Å². The second kappa shape index (κ2) is 6.15. The Morgan fingerprint density at radius 2 is 1.67 bits per heavy atom. The molecular weight excluding hydrogens is 359 g/mol. The Bertz CT molecular complexity index is 629. The third-order valence-electron chi connectivity index (χ3n) is 3.52. The topological polar surface area (TPSA) is 78.4 Å². The Balaban J connectivity index is 2.11. The molecule has 0 amide bonds. The van der Waals surface area contributed by atoms with Gasteiger partial charge in [-0.15, -0.1) is 0 Å². The zero-order valence-electron chi connectivity index (χ0n) is 11.3. The first kappa shape index (κ1) is 15.1. The molecule has 0 N–H and O–H groups in total. The summed E-state index contributed by atoms with van der Waals surface area (Å²) in [6.07, 6.45) is 7.86. The molecular formula is C15H15ClO4Se. The van der Waals surface area contributed by atoms with E-state index in [0.29, 0.717) is 0 Å². The summed E-state index contributed by atoms with van der Waals surface area (Å²) in [6, 6.07) is 9.53. The SMILES string of the molecule is [O-][Cl+3]([O-])([O-])O[Se]1=C(c2ccccc2)C=CC2=C1CCCC2. The molecule has 0 radical (unpaired) electrons. The molecule has 21 heavy (non-hydrogen) atoms. The minimum atomic E-state index is -4.41. The molecule has 1 aliphatic carbocycles. The molecule has 1 aromatic carbocycles. The maximum absolute atomic E-state index is 11.1. The molecule has 2 aliphatic rings. The van der Waals surface area contributed by atoms with Crippen LogP contribution >= 0.6 is 0 Å². The molecule has 0 saturated carbocycles. The van der Waals surface area contributed by atoms with Crippen molar-refractivity contribution in [1.82, 2.24) is 0 Å². The van der Waals surface area contributed by atoms with Crippen molar-refractivity contribution >= 4 is 18.2 Å². The van der Waals surface area contributed by atoms with E-state index < -0.39 is 24.0 Å². The first-order chi connectivity index (χ1) is 10.0. The summed E-state index contributed by atoms with van der Waals surface area (Å²) in [6.45, 7) is 0. The van der Waals surface area contributed by atoms with Gasteiger partial charge in [-0.2, -0.15) is 0 Å². The van der Waals surface area contributed by atoms with Crippen molar-refractivity contribution in [2.45, 2.75) is 25.7 Å². The van der Waals surface area contributed by atoms with E-state index in [2.05, 4.69) is 6.08 Å². The number of rotatable bonds is 3. The summed E-state index contributed by atoms with van der Waals surface area (Å²) in [5, 5.41) is 0. The number of halogens is 1. The van der Waals surface area contributed by atoms with Crippen LogP contribution in [0.2, 0.25) is 0 Å². The van der Waals surface area contributed by atoms with Crippen LogP contribution in [-0.2, 0) is 3.37 Å². The van der Waals surface area contributed by atoms with Crippen LogP contribution in [0.4, 0.5) is 0 Å². The van der Waals surface area contributed by atoms with E-state index in [1.54, 1.807) is 0 Å². The van der Waals surface area contributed by atoms with Crippen molar-refractivity contribution in [3.8, 4) is 0 Å². The monoisotopic (exact) mass is 374 g/mol. The molecule has 0 saturated heterocycles. The van der Waals surface area contributed by atoms with Crippen molar-refractivity contribution in [1.29, 1.82) is 0 Å². The Labute approximate surface area is 129 Å². The fourth-order valence-electron chi connectivity index (χ4n) is 2.61. The van der Waals surface area contributed by atoms with Crippen molar-refractivity contribution in [3.05, 3.63) is 58.1 Å². The molecule has 1 atom stereocenters. The van der Waals surface area contributed by atoms with Crippen LogP contribution in [-0.4, -0.2) is 18.2 Å². The normalized spacial score (nSPS) is 22.4. The zero-order valence-corrected chi connectivity index (χ0v) is 13.8. The van der Waals surface area contributed by atoms with Gasteiger partial charge >= 0.3 is 130 Å². The summed E-state index contributed by atoms with van der Waals surface area (Å²) in [5.74, 6) is 0. The molecule has 112 valence electrons. The fourth-order valence-corrected chi connectivity index (χ4v) is 8.03. The third-order valence-corrected chi connectivity index (χ3v) is 9.10. The number of allylic oxidation sites excluding steroid dienone is 4. The summed E-state index contributed by atoms with van der Waals surface area (Å²) >= 11 is -2.27. The molecule has 6 heteroatoms. The average Bonchev–Trinajstić information content (AvgIpc) is 2.47. The van der Waals surface area contributed by atoms with Gasteiger partial charge in [-0.3, -0.25) is 0 Å². The zero-order chi connectivity index (χ0) is 14.9. The van der Waals surface area contributed by atoms with E-state index in [9.17, 15) is 14.0 Å². The van der Waals surface area contributed by atoms with Crippen LogP contribution in [0.1, 0.15) is 31.2 Å².